The second-order valence-electron chi connectivity index (χ2n) is 2.78. The number of rotatable bonds is 3. The predicted octanol–water partition coefficient (Wildman–Crippen LogP) is 1.18. The number of nitrogens with two attached hydrogens (primary N) is 1. The zero-order valence-corrected chi connectivity index (χ0v) is 10.8. The van der Waals surface area contributed by atoms with Crippen molar-refractivity contribution in [2.24, 2.45) is 5.14 Å². The minimum atomic E-state index is -4.52. The number of halogens is 3. The van der Waals surface area contributed by atoms with E-state index in [0.717, 1.165) is 0 Å². The second kappa shape index (κ2) is 4.73. The maximum Gasteiger partial charge on any atom is 0.297 e. The fourth-order valence-electron chi connectivity index (χ4n) is 1.10. The lowest BCUT2D eigenvalue weighted by atomic mass is 10.2. The Morgan fingerprint density at radius 1 is 1.53 bits per heavy atom. The zero-order valence-electron chi connectivity index (χ0n) is 7.80. The van der Waals surface area contributed by atoms with Crippen molar-refractivity contribution < 1.29 is 22.1 Å². The average Bonchev–Trinajstić information content (AvgIpc) is 2.14. The summed E-state index contributed by atoms with van der Waals surface area (Å²) >= 11 is 1.36. The molecule has 17 heavy (non-hydrogen) atoms. The third-order valence-corrected chi connectivity index (χ3v) is 3.87. The molecular formula is C6H4F2IN3O4S. The molecule has 0 atom stereocenters. The summed E-state index contributed by atoms with van der Waals surface area (Å²) < 4.78 is 47.3. The van der Waals surface area contributed by atoms with Gasteiger partial charge in [-0.2, -0.15) is 0 Å². The smallest absolute Gasteiger partial charge is 0.258 e. The van der Waals surface area contributed by atoms with Crippen molar-refractivity contribution in [3.8, 4) is 0 Å². The zero-order chi connectivity index (χ0) is 13.4. The maximum absolute atomic E-state index is 12.7. The van der Waals surface area contributed by atoms with Crippen molar-refractivity contribution in [1.29, 1.82) is 0 Å². The van der Waals surface area contributed by atoms with E-state index in [1.54, 1.807) is 0 Å². The summed E-state index contributed by atoms with van der Waals surface area (Å²) in [5.41, 5.74) is -2.32. The molecule has 0 saturated carbocycles. The average molecular weight is 379 g/mol. The number of hydrogen-bond donors (Lipinski definition) is 1. The minimum Gasteiger partial charge on any atom is -0.258 e. The van der Waals surface area contributed by atoms with Crippen LogP contribution in [0.4, 0.5) is 14.5 Å². The first kappa shape index (κ1) is 14.1. The van der Waals surface area contributed by atoms with Crippen molar-refractivity contribution in [3.05, 3.63) is 25.6 Å². The number of primary sulfonamides is 1. The highest BCUT2D eigenvalue weighted by atomic mass is 127. The normalized spacial score (nSPS) is 11.8. The summed E-state index contributed by atoms with van der Waals surface area (Å²) in [4.78, 5) is 11.7. The lowest BCUT2D eigenvalue weighted by Crippen LogP contribution is -2.18. The van der Waals surface area contributed by atoms with E-state index in [1.165, 1.54) is 22.6 Å². The van der Waals surface area contributed by atoms with E-state index in [9.17, 15) is 27.3 Å². The van der Waals surface area contributed by atoms with Gasteiger partial charge in [0.2, 0.25) is 10.0 Å². The molecule has 0 fully saturated rings. The molecule has 7 nitrogen and oxygen atoms in total. The Kier molecular flexibility index (Phi) is 3.93. The molecule has 0 aliphatic carbocycles. The molecule has 2 N–H and O–H groups in total. The quantitative estimate of drug-likeness (QED) is 0.366. The van der Waals surface area contributed by atoms with E-state index < -0.39 is 37.5 Å². The highest BCUT2D eigenvalue weighted by Gasteiger charge is 2.33. The van der Waals surface area contributed by atoms with Crippen LogP contribution in [0.25, 0.3) is 0 Å². The third kappa shape index (κ3) is 2.84. The van der Waals surface area contributed by atoms with Gasteiger partial charge < -0.3 is 0 Å². The number of sulfonamides is 1. The Morgan fingerprint density at radius 3 is 2.41 bits per heavy atom. The third-order valence-electron chi connectivity index (χ3n) is 1.71. The highest BCUT2D eigenvalue weighted by molar-refractivity contribution is 14.1. The monoisotopic (exact) mass is 379 g/mol. The number of alkyl halides is 2. The van der Waals surface area contributed by atoms with Crippen LogP contribution in [0.2, 0.25) is 0 Å². The highest BCUT2D eigenvalue weighted by Crippen LogP contribution is 2.35. The summed E-state index contributed by atoms with van der Waals surface area (Å²) in [6.07, 6.45) is -2.78. The molecule has 0 aliphatic heterocycles. The van der Waals surface area contributed by atoms with Crippen LogP contribution < -0.4 is 5.14 Å². The van der Waals surface area contributed by atoms with Crippen LogP contribution in [-0.4, -0.2) is 18.3 Å². The first-order chi connectivity index (χ1) is 7.66. The van der Waals surface area contributed by atoms with E-state index in [1.807, 2.05) is 0 Å². The lowest BCUT2D eigenvalue weighted by Gasteiger charge is -2.08. The van der Waals surface area contributed by atoms with Crippen LogP contribution in [0.15, 0.2) is 11.1 Å². The van der Waals surface area contributed by atoms with Gasteiger partial charge in [0, 0.05) is 0 Å². The van der Waals surface area contributed by atoms with Gasteiger partial charge in [0.15, 0.2) is 0 Å². The van der Waals surface area contributed by atoms with Gasteiger partial charge in [-0.15, -0.1) is 0 Å². The van der Waals surface area contributed by atoms with Gasteiger partial charge in [-0.3, -0.25) is 10.1 Å². The summed E-state index contributed by atoms with van der Waals surface area (Å²) in [6.45, 7) is 0. The van der Waals surface area contributed by atoms with Crippen molar-refractivity contribution in [3.63, 3.8) is 0 Å². The van der Waals surface area contributed by atoms with Crippen LogP contribution in [0.3, 0.4) is 0 Å². The molecule has 1 aromatic heterocycles. The Hall–Kier alpha value is -0.950. The van der Waals surface area contributed by atoms with Gasteiger partial charge in [-0.1, -0.05) is 0 Å². The maximum atomic E-state index is 12.7. The Balaban J connectivity index is 3.80. The fraction of sp³-hybridized carbons (Fsp3) is 0.167. The Labute approximate surface area is 107 Å². The largest absolute Gasteiger partial charge is 0.297 e. The van der Waals surface area contributed by atoms with Crippen LogP contribution in [0.5, 0.6) is 0 Å². The Bertz CT molecular complexity index is 577. The van der Waals surface area contributed by atoms with E-state index in [0.29, 0.717) is 6.20 Å². The number of nitrogens with zero attached hydrogens (tertiary/aromatic N) is 2. The summed E-state index contributed by atoms with van der Waals surface area (Å²) in [7, 11) is -4.52. The molecular weight excluding hydrogens is 375 g/mol. The van der Waals surface area contributed by atoms with Gasteiger partial charge in [-0.25, -0.2) is 27.3 Å². The molecule has 0 spiro atoms. The molecule has 0 saturated heterocycles. The van der Waals surface area contributed by atoms with Crippen LogP contribution in [0, 0.1) is 13.8 Å². The van der Waals surface area contributed by atoms with Crippen LogP contribution in [-0.2, 0) is 10.0 Å². The molecule has 0 aliphatic rings. The van der Waals surface area contributed by atoms with Crippen LogP contribution >= 0.6 is 22.6 Å². The molecule has 1 heterocycles. The molecule has 0 radical (unpaired) electrons. The molecule has 0 bridgehead atoms. The molecule has 0 unspecified atom stereocenters. The van der Waals surface area contributed by atoms with Gasteiger partial charge >= 0.3 is 0 Å². The first-order valence-electron chi connectivity index (χ1n) is 3.80. The van der Waals surface area contributed by atoms with Gasteiger partial charge in [-0.05, 0) is 22.6 Å². The van der Waals surface area contributed by atoms with E-state index in [4.69, 9.17) is 5.14 Å². The van der Waals surface area contributed by atoms with Gasteiger partial charge in [0.05, 0.1) is 4.92 Å². The molecule has 94 valence electrons. The van der Waals surface area contributed by atoms with Crippen molar-refractivity contribution in [2.45, 2.75) is 11.3 Å². The number of aromatic nitrogens is 1. The first-order valence-corrected chi connectivity index (χ1v) is 6.42. The van der Waals surface area contributed by atoms with E-state index in [-0.39, 0.29) is 3.70 Å². The topological polar surface area (TPSA) is 116 Å². The minimum absolute atomic E-state index is 0.342. The Morgan fingerprint density at radius 2 is 2.06 bits per heavy atom. The van der Waals surface area contributed by atoms with E-state index >= 15 is 0 Å². The predicted molar refractivity (Wildman–Crippen MR) is 59.9 cm³/mol. The molecule has 0 amide bonds. The van der Waals surface area contributed by atoms with Gasteiger partial charge in [0.1, 0.15) is 20.4 Å². The number of pyridine rings is 1. The SMILES string of the molecule is NS(=O)(=O)c1c(I)ncc([N+](=O)[O-])c1C(F)F. The van der Waals surface area contributed by atoms with Crippen LogP contribution in [0.1, 0.15) is 12.0 Å². The standard InChI is InChI=1S/C6H4F2IN3O4S/c7-5(8)3-2(12(13)14)1-11-6(9)4(3)17(10,15)16/h1,5H,(H2,10,15,16). The second-order valence-corrected chi connectivity index (χ2v) is 5.30. The van der Waals surface area contributed by atoms with Gasteiger partial charge in [0.25, 0.3) is 12.1 Å². The van der Waals surface area contributed by atoms with E-state index in [2.05, 4.69) is 4.98 Å². The lowest BCUT2D eigenvalue weighted by molar-refractivity contribution is -0.386. The van der Waals surface area contributed by atoms with Crippen molar-refractivity contribution in [2.75, 3.05) is 0 Å². The van der Waals surface area contributed by atoms with Crippen molar-refractivity contribution >= 4 is 38.3 Å². The van der Waals surface area contributed by atoms with Crippen molar-refractivity contribution in [1.82, 2.24) is 4.98 Å². The fourth-order valence-corrected chi connectivity index (χ4v) is 3.24. The molecule has 1 rings (SSSR count). The number of nitro groups is 1. The summed E-state index contributed by atoms with van der Waals surface area (Å²) in [5.74, 6) is 0. The molecule has 11 heteroatoms. The summed E-state index contributed by atoms with van der Waals surface area (Å²) in [6, 6.07) is 0. The molecule has 1 aromatic rings. The molecule has 0 aromatic carbocycles. The number of hydrogen-bond acceptors (Lipinski definition) is 5. The summed E-state index contributed by atoms with van der Waals surface area (Å²) in [5, 5.41) is 15.2.